The number of carbonyl (C=O) groups is 2. The van der Waals surface area contributed by atoms with Crippen LogP contribution < -0.4 is 11.1 Å². The molecule has 1 rings (SSSR count). The molecule has 1 aromatic heterocycles. The van der Waals surface area contributed by atoms with Crippen molar-refractivity contribution in [2.24, 2.45) is 5.73 Å². The molecule has 8 heteroatoms. The number of halogens is 1. The zero-order chi connectivity index (χ0) is 11.3. The van der Waals surface area contributed by atoms with Gasteiger partial charge in [-0.25, -0.2) is 0 Å². The average Bonchev–Trinajstić information content (AvgIpc) is 2.59. The van der Waals surface area contributed by atoms with Crippen molar-refractivity contribution in [3.05, 3.63) is 9.47 Å². The van der Waals surface area contributed by atoms with Crippen LogP contribution in [-0.2, 0) is 4.79 Å². The van der Waals surface area contributed by atoms with E-state index >= 15 is 0 Å². The maximum absolute atomic E-state index is 11.3. The molecule has 0 unspecified atom stereocenters. The van der Waals surface area contributed by atoms with Crippen molar-refractivity contribution in [3.8, 4) is 0 Å². The Morgan fingerprint density at radius 3 is 2.73 bits per heavy atom. The summed E-state index contributed by atoms with van der Waals surface area (Å²) in [6, 6.07) is 0. The molecule has 0 bridgehead atoms. The fourth-order valence-electron chi connectivity index (χ4n) is 0.837. The predicted octanol–water partition coefficient (Wildman–Crippen LogP) is 0.187. The molecule has 0 aliphatic rings. The van der Waals surface area contributed by atoms with E-state index in [9.17, 15) is 9.59 Å². The van der Waals surface area contributed by atoms with Crippen molar-refractivity contribution in [2.45, 2.75) is 12.8 Å². The Balaban J connectivity index is 2.28. The van der Waals surface area contributed by atoms with Gasteiger partial charge >= 0.3 is 0 Å². The van der Waals surface area contributed by atoms with Crippen LogP contribution in [0.2, 0.25) is 4.47 Å². The Morgan fingerprint density at radius 2 is 2.20 bits per heavy atom. The zero-order valence-corrected chi connectivity index (χ0v) is 9.27. The molecule has 82 valence electrons. The molecule has 1 heterocycles. The molecule has 6 nitrogen and oxygen atoms in total. The zero-order valence-electron chi connectivity index (χ0n) is 7.70. The number of hydrogen-bond donors (Lipinski definition) is 2. The second kappa shape index (κ2) is 5.62. The summed E-state index contributed by atoms with van der Waals surface area (Å²) >= 11 is 6.51. The summed E-state index contributed by atoms with van der Waals surface area (Å²) in [6.07, 6.45) is 0.755. The first-order valence-electron chi connectivity index (χ1n) is 4.15. The molecular weight excluding hydrogens is 240 g/mol. The van der Waals surface area contributed by atoms with E-state index in [0.717, 1.165) is 11.3 Å². The number of primary amides is 1. The third kappa shape index (κ3) is 4.22. The lowest BCUT2D eigenvalue weighted by Gasteiger charge is -2.00. The second-order valence-electron chi connectivity index (χ2n) is 2.69. The fraction of sp³-hybridized carbons (Fsp3) is 0.429. The van der Waals surface area contributed by atoms with Crippen molar-refractivity contribution in [3.63, 3.8) is 0 Å². The van der Waals surface area contributed by atoms with Crippen LogP contribution in [0.3, 0.4) is 0 Å². The maximum atomic E-state index is 11.3. The first kappa shape index (κ1) is 11.9. The van der Waals surface area contributed by atoms with Crippen molar-refractivity contribution < 1.29 is 9.59 Å². The maximum Gasteiger partial charge on any atom is 0.282 e. The monoisotopic (exact) mass is 248 g/mol. The standard InChI is InChI=1S/C7H9ClN4O2S/c8-7-12-11-6(15-7)5(14)10-3-1-2-4(9)13/h1-3H2,(H2,9,13)(H,10,14). The third-order valence-electron chi connectivity index (χ3n) is 1.48. The van der Waals surface area contributed by atoms with Gasteiger partial charge in [0, 0.05) is 13.0 Å². The Morgan fingerprint density at radius 1 is 1.47 bits per heavy atom. The van der Waals surface area contributed by atoms with E-state index in [1.54, 1.807) is 0 Å². The first-order valence-corrected chi connectivity index (χ1v) is 5.34. The molecular formula is C7H9ClN4O2S. The van der Waals surface area contributed by atoms with Crippen LogP contribution in [0, 0.1) is 0 Å². The number of hydrogen-bond acceptors (Lipinski definition) is 5. The Hall–Kier alpha value is -1.21. The lowest BCUT2D eigenvalue weighted by molar-refractivity contribution is -0.118. The van der Waals surface area contributed by atoms with Crippen LogP contribution in [0.15, 0.2) is 0 Å². The van der Waals surface area contributed by atoms with Gasteiger partial charge in [-0.3, -0.25) is 9.59 Å². The summed E-state index contributed by atoms with van der Waals surface area (Å²) < 4.78 is 0.220. The highest BCUT2D eigenvalue weighted by Crippen LogP contribution is 2.14. The van der Waals surface area contributed by atoms with Gasteiger partial charge in [-0.1, -0.05) is 11.3 Å². The van der Waals surface area contributed by atoms with Gasteiger partial charge in [0.15, 0.2) is 0 Å². The molecule has 0 saturated carbocycles. The van der Waals surface area contributed by atoms with Crippen molar-refractivity contribution >= 4 is 34.8 Å². The molecule has 0 fully saturated rings. The minimum atomic E-state index is -0.386. The van der Waals surface area contributed by atoms with E-state index in [-0.39, 0.29) is 27.7 Å². The Labute approximate surface area is 94.8 Å². The van der Waals surface area contributed by atoms with Crippen molar-refractivity contribution in [2.75, 3.05) is 6.54 Å². The number of rotatable bonds is 5. The van der Waals surface area contributed by atoms with E-state index < -0.39 is 0 Å². The third-order valence-corrected chi connectivity index (χ3v) is 2.50. The van der Waals surface area contributed by atoms with E-state index in [4.69, 9.17) is 17.3 Å². The molecule has 3 N–H and O–H groups in total. The first-order chi connectivity index (χ1) is 7.09. The lowest BCUT2D eigenvalue weighted by atomic mass is 10.3. The van der Waals surface area contributed by atoms with Gasteiger partial charge < -0.3 is 11.1 Å². The quantitative estimate of drug-likeness (QED) is 0.727. The van der Waals surface area contributed by atoms with Crippen molar-refractivity contribution in [1.29, 1.82) is 0 Å². The predicted molar refractivity (Wildman–Crippen MR) is 55.7 cm³/mol. The van der Waals surface area contributed by atoms with Gasteiger partial charge in [0.25, 0.3) is 5.91 Å². The summed E-state index contributed by atoms with van der Waals surface area (Å²) in [4.78, 5) is 21.7. The number of aromatic nitrogens is 2. The molecule has 15 heavy (non-hydrogen) atoms. The molecule has 1 aromatic rings. The summed E-state index contributed by atoms with van der Waals surface area (Å²) in [5.74, 6) is -0.730. The molecule has 0 aromatic carbocycles. The van der Waals surface area contributed by atoms with E-state index in [1.165, 1.54) is 0 Å². The number of carbonyl (C=O) groups excluding carboxylic acids is 2. The minimum absolute atomic E-state index is 0.207. The van der Waals surface area contributed by atoms with Gasteiger partial charge in [-0.15, -0.1) is 10.2 Å². The largest absolute Gasteiger partial charge is 0.370 e. The summed E-state index contributed by atoms with van der Waals surface area (Å²) in [6.45, 7) is 0.374. The summed E-state index contributed by atoms with van der Waals surface area (Å²) in [5.41, 5.74) is 4.93. The van der Waals surface area contributed by atoms with Crippen LogP contribution in [0.1, 0.15) is 22.6 Å². The highest BCUT2D eigenvalue weighted by Gasteiger charge is 2.10. The van der Waals surface area contributed by atoms with Crippen LogP contribution in [0.4, 0.5) is 0 Å². The lowest BCUT2D eigenvalue weighted by Crippen LogP contribution is -2.25. The van der Waals surface area contributed by atoms with Gasteiger partial charge in [0.2, 0.25) is 15.4 Å². The molecule has 0 atom stereocenters. The average molecular weight is 249 g/mol. The fourth-order valence-corrected chi connectivity index (χ4v) is 1.58. The normalized spacial score (nSPS) is 9.93. The Bertz CT molecular complexity index is 368. The molecule has 2 amide bonds. The number of nitrogens with two attached hydrogens (primary N) is 1. The highest BCUT2D eigenvalue weighted by molar-refractivity contribution is 7.17. The minimum Gasteiger partial charge on any atom is -0.370 e. The highest BCUT2D eigenvalue weighted by atomic mass is 35.5. The van der Waals surface area contributed by atoms with Crippen LogP contribution in [0.5, 0.6) is 0 Å². The Kier molecular flexibility index (Phi) is 4.44. The molecule has 0 saturated heterocycles. The molecule has 0 radical (unpaired) electrons. The molecule has 0 aliphatic carbocycles. The van der Waals surface area contributed by atoms with E-state index in [0.29, 0.717) is 13.0 Å². The summed E-state index contributed by atoms with van der Waals surface area (Å²) in [5, 5.41) is 9.83. The van der Waals surface area contributed by atoms with Gasteiger partial charge in [0.1, 0.15) is 0 Å². The van der Waals surface area contributed by atoms with Gasteiger partial charge in [-0.05, 0) is 18.0 Å². The van der Waals surface area contributed by atoms with E-state index in [1.807, 2.05) is 0 Å². The van der Waals surface area contributed by atoms with Crippen molar-refractivity contribution in [1.82, 2.24) is 15.5 Å². The second-order valence-corrected chi connectivity index (χ2v) is 4.25. The smallest absolute Gasteiger partial charge is 0.282 e. The molecule has 0 spiro atoms. The van der Waals surface area contributed by atoms with E-state index in [2.05, 4.69) is 15.5 Å². The SMILES string of the molecule is NC(=O)CCCNC(=O)c1nnc(Cl)s1. The van der Waals surface area contributed by atoms with Gasteiger partial charge in [0.05, 0.1) is 0 Å². The number of amides is 2. The molecule has 0 aliphatic heterocycles. The van der Waals surface area contributed by atoms with Crippen LogP contribution >= 0.6 is 22.9 Å². The number of nitrogens with one attached hydrogen (secondary N) is 1. The van der Waals surface area contributed by atoms with Crippen LogP contribution in [-0.4, -0.2) is 28.6 Å². The number of nitrogens with zero attached hydrogens (tertiary/aromatic N) is 2. The van der Waals surface area contributed by atoms with Crippen LogP contribution in [0.25, 0.3) is 0 Å². The summed E-state index contributed by atoms with van der Waals surface area (Å²) in [7, 11) is 0. The topological polar surface area (TPSA) is 98.0 Å². The van der Waals surface area contributed by atoms with Gasteiger partial charge in [-0.2, -0.15) is 0 Å².